The van der Waals surface area contributed by atoms with Crippen LogP contribution in [0.5, 0.6) is 0 Å². The van der Waals surface area contributed by atoms with Gasteiger partial charge in [0, 0.05) is 18.9 Å². The van der Waals surface area contributed by atoms with E-state index in [4.69, 9.17) is 0 Å². The van der Waals surface area contributed by atoms with Gasteiger partial charge in [0.05, 0.1) is 6.42 Å². The highest BCUT2D eigenvalue weighted by atomic mass is 16.2. The van der Waals surface area contributed by atoms with Crippen LogP contribution in [0.3, 0.4) is 0 Å². The van der Waals surface area contributed by atoms with E-state index in [0.29, 0.717) is 6.54 Å². The largest absolute Gasteiger partial charge is 0.350 e. The molecule has 0 spiro atoms. The normalized spacial score (nSPS) is 11.8. The Labute approximate surface area is 142 Å². The number of carbonyl (C=O) groups excluding carboxylic acids is 2. The van der Waals surface area contributed by atoms with Gasteiger partial charge in [0.25, 0.3) is 0 Å². The molecule has 1 heterocycles. The van der Waals surface area contributed by atoms with Gasteiger partial charge in [0.1, 0.15) is 6.04 Å². The molecule has 2 aromatic rings. The highest BCUT2D eigenvalue weighted by Crippen LogP contribution is 2.05. The maximum absolute atomic E-state index is 12.4. The van der Waals surface area contributed by atoms with Crippen LogP contribution in [0, 0.1) is 5.92 Å². The molecule has 1 atom stereocenters. The molecule has 0 saturated heterocycles. The van der Waals surface area contributed by atoms with Crippen molar-refractivity contribution < 1.29 is 9.59 Å². The smallest absolute Gasteiger partial charge is 0.243 e. The highest BCUT2D eigenvalue weighted by molar-refractivity contribution is 5.88. The summed E-state index contributed by atoms with van der Waals surface area (Å²) < 4.78 is 0. The summed E-state index contributed by atoms with van der Waals surface area (Å²) in [4.78, 5) is 28.6. The molecule has 0 fully saturated rings. The Bertz CT molecular complexity index is 657. The minimum atomic E-state index is -0.558. The van der Waals surface area contributed by atoms with E-state index >= 15 is 0 Å². The third kappa shape index (κ3) is 5.50. The average molecular weight is 325 g/mol. The van der Waals surface area contributed by atoms with E-state index < -0.39 is 6.04 Å². The quantitative estimate of drug-likeness (QED) is 0.819. The molecule has 126 valence electrons. The molecular weight excluding hydrogens is 302 g/mol. The van der Waals surface area contributed by atoms with Crippen LogP contribution in [0.15, 0.2) is 54.9 Å². The van der Waals surface area contributed by atoms with Crippen molar-refractivity contribution in [3.8, 4) is 0 Å². The van der Waals surface area contributed by atoms with Crippen LogP contribution in [-0.4, -0.2) is 22.8 Å². The van der Waals surface area contributed by atoms with Crippen LogP contribution in [0.25, 0.3) is 0 Å². The predicted octanol–water partition coefficient (Wildman–Crippen LogP) is 2.08. The number of rotatable bonds is 7. The third-order valence-electron chi connectivity index (χ3n) is 3.66. The summed E-state index contributed by atoms with van der Waals surface area (Å²) >= 11 is 0. The summed E-state index contributed by atoms with van der Waals surface area (Å²) in [6.45, 7) is 4.22. The lowest BCUT2D eigenvalue weighted by Gasteiger charge is -2.21. The zero-order valence-electron chi connectivity index (χ0n) is 14.0. The third-order valence-corrected chi connectivity index (χ3v) is 3.66. The van der Waals surface area contributed by atoms with Gasteiger partial charge in [-0.1, -0.05) is 50.2 Å². The van der Waals surface area contributed by atoms with E-state index in [-0.39, 0.29) is 24.2 Å². The van der Waals surface area contributed by atoms with Gasteiger partial charge in [-0.2, -0.15) is 0 Å². The van der Waals surface area contributed by atoms with Gasteiger partial charge in [-0.15, -0.1) is 0 Å². The second-order valence-corrected chi connectivity index (χ2v) is 6.03. The molecule has 5 nitrogen and oxygen atoms in total. The first-order valence-corrected chi connectivity index (χ1v) is 8.06. The lowest BCUT2D eigenvalue weighted by atomic mass is 10.0. The second-order valence-electron chi connectivity index (χ2n) is 6.03. The number of carbonyl (C=O) groups is 2. The molecule has 0 radical (unpaired) electrons. The van der Waals surface area contributed by atoms with Gasteiger partial charge in [-0.25, -0.2) is 0 Å². The molecule has 0 unspecified atom stereocenters. The number of amides is 2. The number of nitrogens with one attached hydrogen (secondary N) is 2. The molecule has 24 heavy (non-hydrogen) atoms. The van der Waals surface area contributed by atoms with E-state index in [1.807, 2.05) is 56.3 Å². The van der Waals surface area contributed by atoms with E-state index in [0.717, 1.165) is 11.1 Å². The molecule has 0 bridgehead atoms. The van der Waals surface area contributed by atoms with Gasteiger partial charge in [0.15, 0.2) is 0 Å². The Morgan fingerprint density at radius 3 is 2.38 bits per heavy atom. The van der Waals surface area contributed by atoms with Crippen molar-refractivity contribution in [3.63, 3.8) is 0 Å². The van der Waals surface area contributed by atoms with Crippen LogP contribution < -0.4 is 10.6 Å². The fourth-order valence-corrected chi connectivity index (χ4v) is 2.34. The molecule has 2 rings (SSSR count). The van der Waals surface area contributed by atoms with Crippen molar-refractivity contribution >= 4 is 11.8 Å². The van der Waals surface area contributed by atoms with Gasteiger partial charge in [-0.05, 0) is 23.1 Å². The maximum atomic E-state index is 12.4. The first-order valence-electron chi connectivity index (χ1n) is 8.06. The second kappa shape index (κ2) is 8.82. The number of aromatic nitrogens is 1. The molecule has 0 aliphatic carbocycles. The lowest BCUT2D eigenvalue weighted by molar-refractivity contribution is -0.129. The standard InChI is InChI=1S/C19H23N3O2/c1-14(2)18(19(24)21-13-16-9-6-10-20-12-16)22-17(23)11-15-7-4-3-5-8-15/h3-10,12,14,18H,11,13H2,1-2H3,(H,21,24)(H,22,23)/t18-/m0/s1. The van der Waals surface area contributed by atoms with E-state index in [1.54, 1.807) is 12.4 Å². The lowest BCUT2D eigenvalue weighted by Crippen LogP contribution is -2.49. The van der Waals surface area contributed by atoms with E-state index in [1.165, 1.54) is 0 Å². The molecule has 0 saturated carbocycles. The van der Waals surface area contributed by atoms with Crippen LogP contribution in [0.2, 0.25) is 0 Å². The average Bonchev–Trinajstić information content (AvgIpc) is 2.59. The maximum Gasteiger partial charge on any atom is 0.243 e. The SMILES string of the molecule is CC(C)[C@H](NC(=O)Cc1ccccc1)C(=O)NCc1cccnc1. The van der Waals surface area contributed by atoms with Gasteiger partial charge in [0.2, 0.25) is 11.8 Å². The molecule has 0 aliphatic rings. The van der Waals surface area contributed by atoms with Gasteiger partial charge >= 0.3 is 0 Å². The molecule has 2 N–H and O–H groups in total. The summed E-state index contributed by atoms with van der Waals surface area (Å²) in [6, 6.07) is 12.6. The fraction of sp³-hybridized carbons (Fsp3) is 0.316. The molecular formula is C19H23N3O2. The summed E-state index contributed by atoms with van der Waals surface area (Å²) in [5, 5.41) is 5.69. The first kappa shape index (κ1) is 17.7. The van der Waals surface area contributed by atoms with Crippen LogP contribution in [0.4, 0.5) is 0 Å². The Morgan fingerprint density at radius 2 is 1.75 bits per heavy atom. The van der Waals surface area contributed by atoms with Crippen molar-refractivity contribution in [2.75, 3.05) is 0 Å². The van der Waals surface area contributed by atoms with E-state index in [2.05, 4.69) is 15.6 Å². The number of benzene rings is 1. The van der Waals surface area contributed by atoms with Crippen molar-refractivity contribution in [2.24, 2.45) is 5.92 Å². The van der Waals surface area contributed by atoms with Crippen LogP contribution in [0.1, 0.15) is 25.0 Å². The number of pyridine rings is 1. The van der Waals surface area contributed by atoms with Gasteiger partial charge in [-0.3, -0.25) is 14.6 Å². The zero-order valence-corrected chi connectivity index (χ0v) is 14.0. The minimum absolute atomic E-state index is 0.00128. The van der Waals surface area contributed by atoms with Gasteiger partial charge < -0.3 is 10.6 Å². The Kier molecular flexibility index (Phi) is 6.49. The summed E-state index contributed by atoms with van der Waals surface area (Å²) in [7, 11) is 0. The Hall–Kier alpha value is -2.69. The van der Waals surface area contributed by atoms with Crippen LogP contribution in [-0.2, 0) is 22.6 Å². The van der Waals surface area contributed by atoms with Crippen molar-refractivity contribution in [1.82, 2.24) is 15.6 Å². The number of hydrogen-bond donors (Lipinski definition) is 2. The zero-order chi connectivity index (χ0) is 17.4. The molecule has 5 heteroatoms. The fourth-order valence-electron chi connectivity index (χ4n) is 2.34. The monoisotopic (exact) mass is 325 g/mol. The van der Waals surface area contributed by atoms with E-state index in [9.17, 15) is 9.59 Å². The first-order chi connectivity index (χ1) is 11.6. The summed E-state index contributed by atoms with van der Waals surface area (Å²) in [5.74, 6) is -0.342. The predicted molar refractivity (Wildman–Crippen MR) is 93.0 cm³/mol. The summed E-state index contributed by atoms with van der Waals surface area (Å²) in [5.41, 5.74) is 1.84. The van der Waals surface area contributed by atoms with Crippen molar-refractivity contribution in [1.29, 1.82) is 0 Å². The topological polar surface area (TPSA) is 71.1 Å². The molecule has 1 aromatic carbocycles. The molecule has 1 aromatic heterocycles. The van der Waals surface area contributed by atoms with Crippen molar-refractivity contribution in [2.45, 2.75) is 32.9 Å². The molecule has 0 aliphatic heterocycles. The van der Waals surface area contributed by atoms with Crippen molar-refractivity contribution in [3.05, 3.63) is 66.0 Å². The number of nitrogens with zero attached hydrogens (tertiary/aromatic N) is 1. The highest BCUT2D eigenvalue weighted by Gasteiger charge is 2.23. The molecule has 2 amide bonds. The summed E-state index contributed by atoms with van der Waals surface area (Å²) in [6.07, 6.45) is 3.66. The Balaban J connectivity index is 1.90. The number of hydrogen-bond acceptors (Lipinski definition) is 3. The Morgan fingerprint density at radius 1 is 1.04 bits per heavy atom. The van der Waals surface area contributed by atoms with Crippen LogP contribution >= 0.6 is 0 Å². The minimum Gasteiger partial charge on any atom is -0.350 e.